The van der Waals surface area contributed by atoms with Crippen molar-refractivity contribution in [1.29, 1.82) is 0 Å². The molecule has 1 N–H and O–H groups in total. The van der Waals surface area contributed by atoms with Crippen LogP contribution in [0.2, 0.25) is 0 Å². The number of nitrogens with one attached hydrogen (secondary N) is 1. The summed E-state index contributed by atoms with van der Waals surface area (Å²) >= 11 is 0. The molecule has 0 bridgehead atoms. The molecule has 3 aliphatic heterocycles. The molecule has 0 radical (unpaired) electrons. The summed E-state index contributed by atoms with van der Waals surface area (Å²) in [4.78, 5) is 5.89. The second-order valence-electron chi connectivity index (χ2n) is 6.57. The highest BCUT2D eigenvalue weighted by Crippen LogP contribution is 2.28. The van der Waals surface area contributed by atoms with E-state index in [0.29, 0.717) is 13.2 Å². The first-order chi connectivity index (χ1) is 13.3. The predicted molar refractivity (Wildman–Crippen MR) is 98.0 cm³/mol. The number of hydrogen-bond donors (Lipinski definition) is 1. The second kappa shape index (κ2) is 7.02. The van der Waals surface area contributed by atoms with Crippen LogP contribution >= 0.6 is 0 Å². The van der Waals surface area contributed by atoms with Crippen molar-refractivity contribution >= 4 is 11.4 Å². The third-order valence-electron chi connectivity index (χ3n) is 4.39. The molecule has 2 aromatic carbocycles. The lowest BCUT2D eigenvalue weighted by molar-refractivity contribution is 0.243. The van der Waals surface area contributed by atoms with Gasteiger partial charge in [-0.2, -0.15) is 0 Å². The molecule has 0 saturated carbocycles. The Morgan fingerprint density at radius 3 is 1.96 bits per heavy atom. The SMILES string of the molecule is C1=C(c2ccc(OCC3CO3)cc2)ON(c2ccc(OCC3CO3)cc2)N1. The fraction of sp³-hybridized carbons (Fsp3) is 0.300. The zero-order valence-electron chi connectivity index (χ0n) is 14.7. The normalized spacial score (nSPS) is 22.5. The minimum absolute atomic E-state index is 0.249. The van der Waals surface area contributed by atoms with Crippen LogP contribution in [0.4, 0.5) is 5.69 Å². The molecule has 3 heterocycles. The Hall–Kier alpha value is -2.90. The highest BCUT2D eigenvalue weighted by Gasteiger charge is 2.24. The van der Waals surface area contributed by atoms with Crippen LogP contribution in [-0.2, 0) is 14.3 Å². The van der Waals surface area contributed by atoms with Crippen LogP contribution in [0.1, 0.15) is 5.56 Å². The molecule has 0 aromatic heterocycles. The van der Waals surface area contributed by atoms with E-state index < -0.39 is 0 Å². The molecule has 0 aliphatic carbocycles. The maximum absolute atomic E-state index is 5.89. The molecule has 0 spiro atoms. The van der Waals surface area contributed by atoms with Gasteiger partial charge in [0.1, 0.15) is 36.9 Å². The van der Waals surface area contributed by atoms with E-state index in [1.807, 2.05) is 54.7 Å². The van der Waals surface area contributed by atoms with Crippen LogP contribution in [0.5, 0.6) is 11.5 Å². The van der Waals surface area contributed by atoms with Gasteiger partial charge in [-0.25, -0.2) is 0 Å². The van der Waals surface area contributed by atoms with Gasteiger partial charge in [0.2, 0.25) is 0 Å². The van der Waals surface area contributed by atoms with E-state index in [1.54, 1.807) is 5.17 Å². The first-order valence-electron chi connectivity index (χ1n) is 8.97. The van der Waals surface area contributed by atoms with Crippen molar-refractivity contribution in [1.82, 2.24) is 5.43 Å². The summed E-state index contributed by atoms with van der Waals surface area (Å²) < 4.78 is 21.6. The van der Waals surface area contributed by atoms with Crippen LogP contribution in [-0.4, -0.2) is 38.6 Å². The highest BCUT2D eigenvalue weighted by atomic mass is 16.7. The summed E-state index contributed by atoms with van der Waals surface area (Å²) in [5.41, 5.74) is 4.94. The number of epoxide rings is 2. The van der Waals surface area contributed by atoms with Gasteiger partial charge in [-0.15, -0.1) is 5.17 Å². The lowest BCUT2D eigenvalue weighted by Crippen LogP contribution is -2.28. The molecule has 140 valence electrons. The van der Waals surface area contributed by atoms with Gasteiger partial charge < -0.3 is 23.8 Å². The van der Waals surface area contributed by atoms with Crippen molar-refractivity contribution in [3.8, 4) is 11.5 Å². The monoisotopic (exact) mass is 368 g/mol. The van der Waals surface area contributed by atoms with Crippen molar-refractivity contribution < 1.29 is 23.8 Å². The first-order valence-corrected chi connectivity index (χ1v) is 8.97. The van der Waals surface area contributed by atoms with Gasteiger partial charge in [0.25, 0.3) is 0 Å². The summed E-state index contributed by atoms with van der Waals surface area (Å²) in [7, 11) is 0. The number of hydrogen-bond acceptors (Lipinski definition) is 7. The minimum atomic E-state index is 0.249. The Kier molecular flexibility index (Phi) is 4.23. The standard InChI is InChI=1S/C20H20N2O5/c1-5-16(23-10-18-12-25-18)6-2-14(1)20-9-21-22(27-20)15-3-7-17(8-4-15)24-11-19-13-26-19/h1-9,18-19,21H,10-13H2. The van der Waals surface area contributed by atoms with Crippen LogP contribution in [0.15, 0.2) is 54.7 Å². The zero-order valence-corrected chi connectivity index (χ0v) is 14.7. The largest absolute Gasteiger partial charge is 0.491 e. The fourth-order valence-electron chi connectivity index (χ4n) is 2.63. The van der Waals surface area contributed by atoms with Gasteiger partial charge in [-0.05, 0) is 48.5 Å². The van der Waals surface area contributed by atoms with Gasteiger partial charge in [0.05, 0.1) is 25.1 Å². The Labute approximate surface area is 157 Å². The lowest BCUT2D eigenvalue weighted by atomic mass is 10.2. The van der Waals surface area contributed by atoms with Gasteiger partial charge in [-0.3, -0.25) is 5.43 Å². The van der Waals surface area contributed by atoms with E-state index in [1.165, 1.54) is 0 Å². The van der Waals surface area contributed by atoms with Crippen LogP contribution in [0, 0.1) is 0 Å². The number of ether oxygens (including phenoxy) is 4. The molecule has 2 fully saturated rings. The van der Waals surface area contributed by atoms with E-state index in [2.05, 4.69) is 5.43 Å². The minimum Gasteiger partial charge on any atom is -0.491 e. The molecule has 5 rings (SSSR count). The van der Waals surface area contributed by atoms with Crippen molar-refractivity contribution in [2.75, 3.05) is 31.6 Å². The Morgan fingerprint density at radius 2 is 1.41 bits per heavy atom. The first kappa shape index (κ1) is 16.3. The second-order valence-corrected chi connectivity index (χ2v) is 6.57. The molecule has 2 aromatic rings. The molecule has 2 saturated heterocycles. The number of benzene rings is 2. The average Bonchev–Trinajstić information content (AvgIpc) is 3.65. The fourth-order valence-corrected chi connectivity index (χ4v) is 2.63. The number of hydrazine groups is 1. The molecule has 3 aliphatic rings. The van der Waals surface area contributed by atoms with Crippen molar-refractivity contribution in [3.05, 3.63) is 60.3 Å². The number of anilines is 1. The molecular formula is C20H20N2O5. The highest BCUT2D eigenvalue weighted by molar-refractivity contribution is 5.64. The van der Waals surface area contributed by atoms with E-state index in [0.717, 1.165) is 41.7 Å². The Morgan fingerprint density at radius 1 is 0.852 bits per heavy atom. The number of rotatable bonds is 8. The van der Waals surface area contributed by atoms with E-state index in [-0.39, 0.29) is 12.2 Å². The molecular weight excluding hydrogens is 348 g/mol. The van der Waals surface area contributed by atoms with Crippen LogP contribution in [0.3, 0.4) is 0 Å². The van der Waals surface area contributed by atoms with Crippen LogP contribution < -0.4 is 20.1 Å². The third-order valence-corrected chi connectivity index (χ3v) is 4.39. The smallest absolute Gasteiger partial charge is 0.182 e. The molecule has 27 heavy (non-hydrogen) atoms. The van der Waals surface area contributed by atoms with Crippen molar-refractivity contribution in [2.45, 2.75) is 12.2 Å². The maximum Gasteiger partial charge on any atom is 0.182 e. The molecule has 2 atom stereocenters. The van der Waals surface area contributed by atoms with Gasteiger partial charge in [0.15, 0.2) is 5.76 Å². The summed E-state index contributed by atoms with van der Waals surface area (Å²) in [6, 6.07) is 15.5. The lowest BCUT2D eigenvalue weighted by Gasteiger charge is -2.18. The predicted octanol–water partition coefficient (Wildman–Crippen LogP) is 2.50. The van der Waals surface area contributed by atoms with E-state index in [4.69, 9.17) is 23.8 Å². The average molecular weight is 368 g/mol. The molecule has 7 heteroatoms. The summed E-state index contributed by atoms with van der Waals surface area (Å²) in [6.07, 6.45) is 2.32. The van der Waals surface area contributed by atoms with Crippen molar-refractivity contribution in [3.63, 3.8) is 0 Å². The zero-order chi connectivity index (χ0) is 18.1. The Balaban J connectivity index is 1.16. The van der Waals surface area contributed by atoms with Gasteiger partial charge in [-0.1, -0.05) is 0 Å². The van der Waals surface area contributed by atoms with Gasteiger partial charge >= 0.3 is 0 Å². The quantitative estimate of drug-likeness (QED) is 0.718. The molecule has 7 nitrogen and oxygen atoms in total. The Bertz CT molecular complexity index is 813. The summed E-state index contributed by atoms with van der Waals surface area (Å²) in [5, 5.41) is 1.61. The molecule has 0 amide bonds. The third kappa shape index (κ3) is 4.10. The molecule has 2 unspecified atom stereocenters. The summed E-state index contributed by atoms with van der Waals surface area (Å²) in [5.74, 6) is 2.37. The van der Waals surface area contributed by atoms with E-state index in [9.17, 15) is 0 Å². The van der Waals surface area contributed by atoms with E-state index >= 15 is 0 Å². The van der Waals surface area contributed by atoms with Gasteiger partial charge in [0, 0.05) is 5.56 Å². The van der Waals surface area contributed by atoms with Crippen LogP contribution in [0.25, 0.3) is 5.76 Å². The topological polar surface area (TPSA) is 68.0 Å². The maximum atomic E-state index is 5.89. The number of nitrogens with zero attached hydrogens (tertiary/aromatic N) is 1. The van der Waals surface area contributed by atoms with Crippen molar-refractivity contribution in [2.24, 2.45) is 0 Å². The summed E-state index contributed by atoms with van der Waals surface area (Å²) in [6.45, 7) is 2.78.